The lowest BCUT2D eigenvalue weighted by atomic mass is 9.91. The highest BCUT2D eigenvalue weighted by atomic mass is 32.2. The number of thioether (sulfide) groups is 1. The molecule has 0 saturated heterocycles. The van der Waals surface area contributed by atoms with E-state index in [4.69, 9.17) is 0 Å². The number of hydrogen-bond acceptors (Lipinski definition) is 2. The minimum absolute atomic E-state index is 0.527. The van der Waals surface area contributed by atoms with Crippen molar-refractivity contribution in [3.05, 3.63) is 118 Å². The summed E-state index contributed by atoms with van der Waals surface area (Å²) in [5, 5.41) is 0.527. The predicted octanol–water partition coefficient (Wildman–Crippen LogP) is 11.4. The van der Waals surface area contributed by atoms with Crippen LogP contribution < -0.4 is 0 Å². The Balaban J connectivity index is 1.10. The van der Waals surface area contributed by atoms with Gasteiger partial charge in [-0.3, -0.25) is 0 Å². The highest BCUT2D eigenvalue weighted by molar-refractivity contribution is 8.08. The molecule has 1 fully saturated rings. The van der Waals surface area contributed by atoms with Gasteiger partial charge in [-0.2, -0.15) is 0 Å². The van der Waals surface area contributed by atoms with Crippen molar-refractivity contribution in [1.82, 2.24) is 0 Å². The summed E-state index contributed by atoms with van der Waals surface area (Å²) >= 11 is 4.00. The molecule has 2 heterocycles. The Morgan fingerprint density at radius 1 is 0.730 bits per heavy atom. The predicted molar refractivity (Wildman–Crippen MR) is 165 cm³/mol. The molecule has 1 aliphatic heterocycles. The van der Waals surface area contributed by atoms with E-state index in [1.54, 1.807) is 5.56 Å². The monoisotopic (exact) mass is 520 g/mol. The number of benzene rings is 2. The van der Waals surface area contributed by atoms with E-state index in [9.17, 15) is 0 Å². The van der Waals surface area contributed by atoms with Gasteiger partial charge in [0.1, 0.15) is 0 Å². The molecule has 1 saturated carbocycles. The Morgan fingerprint density at radius 3 is 2.24 bits per heavy atom. The van der Waals surface area contributed by atoms with Crippen molar-refractivity contribution in [1.29, 1.82) is 0 Å². The molecule has 0 radical (unpaired) electrons. The zero-order chi connectivity index (χ0) is 25.0. The molecule has 6 rings (SSSR count). The van der Waals surface area contributed by atoms with Crippen LogP contribution in [0.3, 0.4) is 0 Å². The van der Waals surface area contributed by atoms with Crippen molar-refractivity contribution in [2.75, 3.05) is 0 Å². The van der Waals surface area contributed by atoms with Crippen molar-refractivity contribution in [3.63, 3.8) is 0 Å². The second kappa shape index (κ2) is 11.5. The first-order valence-electron chi connectivity index (χ1n) is 14.0. The van der Waals surface area contributed by atoms with Crippen LogP contribution in [-0.2, 0) is 0 Å². The lowest BCUT2D eigenvalue weighted by Gasteiger charge is -2.14. The first-order valence-corrected chi connectivity index (χ1v) is 15.7. The fourth-order valence-electron chi connectivity index (χ4n) is 5.92. The van der Waals surface area contributed by atoms with Gasteiger partial charge in [0.25, 0.3) is 0 Å². The largest absolute Gasteiger partial charge is 0.139 e. The van der Waals surface area contributed by atoms with Crippen LogP contribution in [0.5, 0.6) is 0 Å². The van der Waals surface area contributed by atoms with Gasteiger partial charge in [-0.05, 0) is 84.1 Å². The summed E-state index contributed by atoms with van der Waals surface area (Å²) in [5.41, 5.74) is 8.27. The first-order chi connectivity index (χ1) is 18.2. The summed E-state index contributed by atoms with van der Waals surface area (Å²) in [6.07, 6.45) is 21.8. The molecule has 3 aromatic rings. The van der Waals surface area contributed by atoms with E-state index in [0.29, 0.717) is 5.25 Å². The molecule has 0 spiro atoms. The molecule has 0 bridgehead atoms. The topological polar surface area (TPSA) is 0 Å². The summed E-state index contributed by atoms with van der Waals surface area (Å²) in [6, 6.07) is 23.4. The van der Waals surface area contributed by atoms with E-state index in [1.165, 1.54) is 81.0 Å². The minimum Gasteiger partial charge on any atom is -0.139 e. The third kappa shape index (κ3) is 5.66. The van der Waals surface area contributed by atoms with Crippen LogP contribution >= 0.6 is 23.1 Å². The molecule has 1 unspecified atom stereocenters. The van der Waals surface area contributed by atoms with Gasteiger partial charge in [-0.1, -0.05) is 105 Å². The number of rotatable bonds is 5. The second-order valence-corrected chi connectivity index (χ2v) is 13.0. The van der Waals surface area contributed by atoms with Crippen LogP contribution in [-0.4, -0.2) is 0 Å². The van der Waals surface area contributed by atoms with E-state index >= 15 is 0 Å². The van der Waals surface area contributed by atoms with Crippen LogP contribution in [0.1, 0.15) is 91.0 Å². The van der Waals surface area contributed by atoms with Crippen LogP contribution in [0.15, 0.2) is 96.6 Å². The normalized spacial score (nSPS) is 20.7. The maximum absolute atomic E-state index is 2.44. The molecule has 1 aromatic heterocycles. The highest BCUT2D eigenvalue weighted by Crippen LogP contribution is 2.50. The fourth-order valence-corrected chi connectivity index (χ4v) is 8.38. The molecule has 3 aliphatic rings. The van der Waals surface area contributed by atoms with Gasteiger partial charge in [0.05, 0.1) is 0 Å². The molecule has 0 amide bonds. The first kappa shape index (κ1) is 24.8. The lowest BCUT2D eigenvalue weighted by Crippen LogP contribution is -1.96. The van der Waals surface area contributed by atoms with Gasteiger partial charge in [0, 0.05) is 19.9 Å². The van der Waals surface area contributed by atoms with Gasteiger partial charge in [-0.15, -0.1) is 23.1 Å². The van der Waals surface area contributed by atoms with E-state index in [0.717, 1.165) is 18.8 Å². The molecular weight excluding hydrogens is 485 g/mol. The average Bonchev–Trinajstić information content (AvgIpc) is 3.48. The average molecular weight is 521 g/mol. The van der Waals surface area contributed by atoms with Crippen molar-refractivity contribution in [2.24, 2.45) is 0 Å². The zero-order valence-corrected chi connectivity index (χ0v) is 23.4. The van der Waals surface area contributed by atoms with Gasteiger partial charge in [-0.25, -0.2) is 0 Å². The van der Waals surface area contributed by atoms with Gasteiger partial charge >= 0.3 is 0 Å². The maximum Gasteiger partial charge on any atom is 0.0473 e. The smallest absolute Gasteiger partial charge is 0.0473 e. The van der Waals surface area contributed by atoms with Crippen molar-refractivity contribution in [2.45, 2.75) is 69.5 Å². The van der Waals surface area contributed by atoms with Crippen molar-refractivity contribution in [3.8, 4) is 10.4 Å². The Labute approximate surface area is 230 Å². The van der Waals surface area contributed by atoms with Crippen LogP contribution in [0.4, 0.5) is 0 Å². The summed E-state index contributed by atoms with van der Waals surface area (Å²) in [4.78, 5) is 4.31. The minimum atomic E-state index is 0.527. The Kier molecular flexibility index (Phi) is 7.67. The van der Waals surface area contributed by atoms with Crippen LogP contribution in [0, 0.1) is 0 Å². The fraction of sp³-hybridized carbons (Fsp3) is 0.314. The Hall–Kier alpha value is -2.55. The van der Waals surface area contributed by atoms with Crippen molar-refractivity contribution >= 4 is 33.6 Å². The second-order valence-electron chi connectivity index (χ2n) is 10.6. The molecule has 2 aromatic carbocycles. The van der Waals surface area contributed by atoms with E-state index < -0.39 is 0 Å². The summed E-state index contributed by atoms with van der Waals surface area (Å²) in [7, 11) is 0. The quantitative estimate of drug-likeness (QED) is 0.301. The molecular formula is C35H36S2. The van der Waals surface area contributed by atoms with Crippen LogP contribution in [0.25, 0.3) is 20.9 Å². The molecule has 188 valence electrons. The molecule has 0 N–H and O–H groups in total. The number of allylic oxidation sites excluding steroid dienone is 7. The van der Waals surface area contributed by atoms with E-state index in [-0.39, 0.29) is 0 Å². The Morgan fingerprint density at radius 2 is 1.46 bits per heavy atom. The van der Waals surface area contributed by atoms with Gasteiger partial charge < -0.3 is 0 Å². The molecule has 1 atom stereocenters. The van der Waals surface area contributed by atoms with E-state index in [1.807, 2.05) is 23.1 Å². The number of hydrogen-bond donors (Lipinski definition) is 0. The molecule has 0 nitrogen and oxygen atoms in total. The Bertz CT molecular complexity index is 1340. The van der Waals surface area contributed by atoms with Crippen molar-refractivity contribution < 1.29 is 0 Å². The van der Waals surface area contributed by atoms with Crippen LogP contribution in [0.2, 0.25) is 0 Å². The summed E-state index contributed by atoms with van der Waals surface area (Å²) in [5.74, 6) is 0.769. The molecule has 2 aliphatic carbocycles. The zero-order valence-electron chi connectivity index (χ0n) is 21.8. The SMILES string of the molecule is CC1=CC=CCC=C1c1ccc(C2=CCC(c3ccc(-c4ccc(C5CCCCCC5)cc4)s3)S2)cc1. The molecule has 37 heavy (non-hydrogen) atoms. The molecule has 2 heteroatoms. The number of thiophene rings is 1. The van der Waals surface area contributed by atoms with Gasteiger partial charge in [0.2, 0.25) is 0 Å². The standard InChI is InChI=1S/C35H36S2/c1-25-9-5-4-8-12-31(25)28-15-19-30(20-16-28)33-22-24-35(37-33)34-23-21-32(36-34)29-17-13-27(14-18-29)26-10-6-2-3-7-11-26/h4-5,9,12-23,26,35H,2-3,6-8,10-11,24H2,1H3. The maximum atomic E-state index is 2.44. The summed E-state index contributed by atoms with van der Waals surface area (Å²) in [6.45, 7) is 2.21. The highest BCUT2D eigenvalue weighted by Gasteiger charge is 2.23. The lowest BCUT2D eigenvalue weighted by molar-refractivity contribution is 0.592. The van der Waals surface area contributed by atoms with Gasteiger partial charge in [0.15, 0.2) is 0 Å². The third-order valence-electron chi connectivity index (χ3n) is 8.10. The van der Waals surface area contributed by atoms with E-state index in [2.05, 4.69) is 98.0 Å². The third-order valence-corrected chi connectivity index (χ3v) is 10.9. The summed E-state index contributed by atoms with van der Waals surface area (Å²) < 4.78 is 0.